The van der Waals surface area contributed by atoms with Gasteiger partial charge in [-0.1, -0.05) is 29.8 Å². The van der Waals surface area contributed by atoms with E-state index in [1.807, 2.05) is 60.8 Å². The number of rotatable bonds is 5. The van der Waals surface area contributed by atoms with Crippen LogP contribution in [0.5, 0.6) is 5.75 Å². The Bertz CT molecular complexity index is 1050. The van der Waals surface area contributed by atoms with Crippen molar-refractivity contribution in [2.75, 3.05) is 23.9 Å². The fourth-order valence-electron chi connectivity index (χ4n) is 3.31. The lowest BCUT2D eigenvalue weighted by molar-refractivity contribution is -0.122. The van der Waals surface area contributed by atoms with Gasteiger partial charge in [0.25, 0.3) is 0 Å². The first-order chi connectivity index (χ1) is 14.0. The molecule has 1 aliphatic heterocycles. The third-order valence-electron chi connectivity index (χ3n) is 4.94. The van der Waals surface area contributed by atoms with Gasteiger partial charge in [0, 0.05) is 29.6 Å². The lowest BCUT2D eigenvalue weighted by Gasteiger charge is -2.16. The summed E-state index contributed by atoms with van der Waals surface area (Å²) in [6.07, 6.45) is 0.202. The van der Waals surface area contributed by atoms with Crippen LogP contribution >= 0.6 is 11.3 Å². The minimum atomic E-state index is -0.395. The standard InChI is InChI=1S/C22H21N3O3S/c1-14-6-8-17(9-7-14)25-12-16(11-20(25)26)21(27)24-22-23-19(13-29-22)15-4-3-5-18(10-15)28-2/h3-10,13,16H,11-12H2,1-2H3,(H,23,24,27)/t16-/m0/s1. The molecular weight excluding hydrogens is 386 g/mol. The van der Waals surface area contributed by atoms with E-state index in [0.29, 0.717) is 11.7 Å². The zero-order valence-electron chi connectivity index (χ0n) is 16.2. The summed E-state index contributed by atoms with van der Waals surface area (Å²) in [7, 11) is 1.62. The first-order valence-corrected chi connectivity index (χ1v) is 10.2. The first-order valence-electron chi connectivity index (χ1n) is 9.31. The molecule has 1 aliphatic rings. The average molecular weight is 407 g/mol. The Balaban J connectivity index is 1.43. The molecule has 1 atom stereocenters. The number of aromatic nitrogens is 1. The van der Waals surface area contributed by atoms with Crippen LogP contribution < -0.4 is 15.0 Å². The summed E-state index contributed by atoms with van der Waals surface area (Å²) < 4.78 is 5.25. The third kappa shape index (κ3) is 4.14. The zero-order chi connectivity index (χ0) is 20.4. The fraction of sp³-hybridized carbons (Fsp3) is 0.227. The van der Waals surface area contributed by atoms with Crippen molar-refractivity contribution in [3.05, 3.63) is 59.5 Å². The van der Waals surface area contributed by atoms with Gasteiger partial charge in [-0.15, -0.1) is 11.3 Å². The van der Waals surface area contributed by atoms with Crippen molar-refractivity contribution in [2.24, 2.45) is 5.92 Å². The summed E-state index contributed by atoms with van der Waals surface area (Å²) in [5, 5.41) is 5.28. The second-order valence-electron chi connectivity index (χ2n) is 7.00. The molecular formula is C22H21N3O3S. The SMILES string of the molecule is COc1cccc(-c2csc(NC(=O)[C@H]3CC(=O)N(c4ccc(C)cc4)C3)n2)c1. The predicted octanol–water partition coefficient (Wildman–Crippen LogP) is 4.12. The largest absolute Gasteiger partial charge is 0.497 e. The molecule has 3 aromatic rings. The highest BCUT2D eigenvalue weighted by atomic mass is 32.1. The smallest absolute Gasteiger partial charge is 0.231 e. The van der Waals surface area contributed by atoms with Gasteiger partial charge < -0.3 is 15.0 Å². The lowest BCUT2D eigenvalue weighted by atomic mass is 10.1. The van der Waals surface area contributed by atoms with Crippen molar-refractivity contribution in [1.82, 2.24) is 4.98 Å². The highest BCUT2D eigenvalue weighted by Gasteiger charge is 2.35. The molecule has 0 saturated carbocycles. The number of amides is 2. The Morgan fingerprint density at radius 3 is 2.79 bits per heavy atom. The molecule has 1 fully saturated rings. The van der Waals surface area contributed by atoms with E-state index < -0.39 is 5.92 Å². The molecule has 0 radical (unpaired) electrons. The number of hydrogen-bond acceptors (Lipinski definition) is 5. The van der Waals surface area contributed by atoms with Crippen molar-refractivity contribution in [3.63, 3.8) is 0 Å². The molecule has 1 N–H and O–H groups in total. The van der Waals surface area contributed by atoms with E-state index in [4.69, 9.17) is 4.74 Å². The molecule has 2 amide bonds. The van der Waals surface area contributed by atoms with E-state index in [9.17, 15) is 9.59 Å². The van der Waals surface area contributed by atoms with E-state index >= 15 is 0 Å². The van der Waals surface area contributed by atoms with E-state index in [2.05, 4.69) is 10.3 Å². The number of carbonyl (C=O) groups is 2. The molecule has 29 heavy (non-hydrogen) atoms. The molecule has 1 saturated heterocycles. The van der Waals surface area contributed by atoms with Crippen molar-refractivity contribution in [2.45, 2.75) is 13.3 Å². The Kier molecular flexibility index (Phi) is 5.31. The van der Waals surface area contributed by atoms with Crippen LogP contribution in [0.3, 0.4) is 0 Å². The number of aryl methyl sites for hydroxylation is 1. The molecule has 0 unspecified atom stereocenters. The Morgan fingerprint density at radius 1 is 1.24 bits per heavy atom. The summed E-state index contributed by atoms with van der Waals surface area (Å²) in [4.78, 5) is 31.3. The summed E-state index contributed by atoms with van der Waals surface area (Å²) in [5.74, 6) is 0.138. The molecule has 4 rings (SSSR count). The number of thiazole rings is 1. The Hall–Kier alpha value is -3.19. The van der Waals surface area contributed by atoms with Gasteiger partial charge in [-0.05, 0) is 31.2 Å². The summed E-state index contributed by atoms with van der Waals surface area (Å²) in [6, 6.07) is 15.4. The molecule has 0 aliphatic carbocycles. The quantitative estimate of drug-likeness (QED) is 0.691. The Labute approximate surface area is 173 Å². The third-order valence-corrected chi connectivity index (χ3v) is 5.70. The zero-order valence-corrected chi connectivity index (χ0v) is 17.0. The van der Waals surface area contributed by atoms with E-state index in [1.54, 1.807) is 12.0 Å². The average Bonchev–Trinajstić information content (AvgIpc) is 3.35. The van der Waals surface area contributed by atoms with Crippen LogP contribution in [0.15, 0.2) is 53.9 Å². The topological polar surface area (TPSA) is 71.5 Å². The molecule has 7 heteroatoms. The van der Waals surface area contributed by atoms with Gasteiger partial charge in [-0.25, -0.2) is 4.98 Å². The molecule has 0 spiro atoms. The maximum Gasteiger partial charge on any atom is 0.231 e. The molecule has 2 heterocycles. The fourth-order valence-corrected chi connectivity index (χ4v) is 4.03. The summed E-state index contributed by atoms with van der Waals surface area (Å²) in [6.45, 7) is 2.38. The van der Waals surface area contributed by atoms with Gasteiger partial charge in [0.1, 0.15) is 5.75 Å². The normalized spacial score (nSPS) is 16.1. The predicted molar refractivity (Wildman–Crippen MR) is 114 cm³/mol. The van der Waals surface area contributed by atoms with Crippen LogP contribution in [0.25, 0.3) is 11.3 Å². The summed E-state index contributed by atoms with van der Waals surface area (Å²) in [5.41, 5.74) is 3.64. The first kappa shape index (κ1) is 19.1. The van der Waals surface area contributed by atoms with Gasteiger partial charge in [0.2, 0.25) is 11.8 Å². The van der Waals surface area contributed by atoms with Crippen LogP contribution in [0.1, 0.15) is 12.0 Å². The second-order valence-corrected chi connectivity index (χ2v) is 7.86. The number of ether oxygens (including phenoxy) is 1. The van der Waals surface area contributed by atoms with Gasteiger partial charge in [-0.2, -0.15) is 0 Å². The summed E-state index contributed by atoms with van der Waals surface area (Å²) >= 11 is 1.36. The minimum Gasteiger partial charge on any atom is -0.497 e. The van der Waals surface area contributed by atoms with E-state index in [1.165, 1.54) is 11.3 Å². The molecule has 2 aromatic carbocycles. The maximum absolute atomic E-state index is 12.7. The van der Waals surface area contributed by atoms with Gasteiger partial charge in [0.05, 0.1) is 18.7 Å². The van der Waals surface area contributed by atoms with Crippen molar-refractivity contribution in [1.29, 1.82) is 0 Å². The van der Waals surface area contributed by atoms with Crippen molar-refractivity contribution < 1.29 is 14.3 Å². The highest BCUT2D eigenvalue weighted by Crippen LogP contribution is 2.29. The molecule has 1 aromatic heterocycles. The van der Waals surface area contributed by atoms with Crippen molar-refractivity contribution >= 4 is 34.0 Å². The number of hydrogen-bond donors (Lipinski definition) is 1. The van der Waals surface area contributed by atoms with Crippen LogP contribution in [-0.4, -0.2) is 30.5 Å². The number of carbonyl (C=O) groups excluding carboxylic acids is 2. The number of nitrogens with one attached hydrogen (secondary N) is 1. The van der Waals surface area contributed by atoms with Gasteiger partial charge >= 0.3 is 0 Å². The van der Waals surface area contributed by atoms with Crippen LogP contribution in [0.4, 0.5) is 10.8 Å². The monoisotopic (exact) mass is 407 g/mol. The number of benzene rings is 2. The number of nitrogens with zero attached hydrogens (tertiary/aromatic N) is 2. The van der Waals surface area contributed by atoms with E-state index in [0.717, 1.165) is 28.3 Å². The van der Waals surface area contributed by atoms with Gasteiger partial charge in [-0.3, -0.25) is 9.59 Å². The van der Waals surface area contributed by atoms with Crippen molar-refractivity contribution in [3.8, 4) is 17.0 Å². The highest BCUT2D eigenvalue weighted by molar-refractivity contribution is 7.14. The molecule has 0 bridgehead atoms. The van der Waals surface area contributed by atoms with Gasteiger partial charge in [0.15, 0.2) is 5.13 Å². The second kappa shape index (κ2) is 8.05. The van der Waals surface area contributed by atoms with Crippen LogP contribution in [0.2, 0.25) is 0 Å². The number of methoxy groups -OCH3 is 1. The molecule has 148 valence electrons. The maximum atomic E-state index is 12.7. The van der Waals surface area contributed by atoms with Crippen LogP contribution in [0, 0.1) is 12.8 Å². The Morgan fingerprint density at radius 2 is 2.03 bits per heavy atom. The lowest BCUT2D eigenvalue weighted by Crippen LogP contribution is -2.28. The molecule has 6 nitrogen and oxygen atoms in total. The van der Waals surface area contributed by atoms with Crippen LogP contribution in [-0.2, 0) is 9.59 Å². The number of anilines is 2. The minimum absolute atomic E-state index is 0.0368. The van der Waals surface area contributed by atoms with E-state index in [-0.39, 0.29) is 18.2 Å².